The topological polar surface area (TPSA) is 52.6 Å². The van der Waals surface area contributed by atoms with Crippen molar-refractivity contribution in [3.8, 4) is 5.75 Å². The highest BCUT2D eigenvalue weighted by Gasteiger charge is 2.14. The summed E-state index contributed by atoms with van der Waals surface area (Å²) in [7, 11) is 0. The number of hydrogen-bond acceptors (Lipinski definition) is 4. The normalized spacial score (nSPS) is 15.7. The predicted molar refractivity (Wildman–Crippen MR) is 86.5 cm³/mol. The second-order valence-electron chi connectivity index (χ2n) is 5.34. The van der Waals surface area contributed by atoms with Crippen molar-refractivity contribution in [1.29, 1.82) is 0 Å². The Bertz CT molecular complexity index is 530. The number of hydrogen-bond donors (Lipinski definition) is 0. The van der Waals surface area contributed by atoms with Crippen LogP contribution in [0.2, 0.25) is 0 Å². The van der Waals surface area contributed by atoms with Gasteiger partial charge < -0.3 is 9.47 Å². The average Bonchev–Trinajstić information content (AvgIpc) is 2.54. The van der Waals surface area contributed by atoms with Gasteiger partial charge in [0.2, 0.25) is 0 Å². The third-order valence-electron chi connectivity index (χ3n) is 3.57. The molecular weight excluding hydrogens is 348 g/mol. The quantitative estimate of drug-likeness (QED) is 0.448. The Morgan fingerprint density at radius 1 is 1.05 bits per heavy atom. The van der Waals surface area contributed by atoms with Gasteiger partial charge in [0.05, 0.1) is 6.61 Å². The van der Waals surface area contributed by atoms with Gasteiger partial charge in [-0.05, 0) is 43.0 Å². The second-order valence-corrected chi connectivity index (χ2v) is 6.26. The largest absolute Gasteiger partial charge is 0.462 e. The standard InChI is InChI=1S/C17H19BrO4/c18-14-6-8-15(9-7-14)22-17(20)11-10-16(19)21-12-13-4-2-1-3-5-13/h6-11,13H,1-5,12H2/b11-10+. The van der Waals surface area contributed by atoms with Crippen LogP contribution in [-0.4, -0.2) is 18.5 Å². The van der Waals surface area contributed by atoms with Crippen molar-refractivity contribution in [3.05, 3.63) is 40.9 Å². The van der Waals surface area contributed by atoms with Crippen molar-refractivity contribution >= 4 is 27.9 Å². The highest BCUT2D eigenvalue weighted by atomic mass is 79.9. The monoisotopic (exact) mass is 366 g/mol. The van der Waals surface area contributed by atoms with Gasteiger partial charge in [0, 0.05) is 16.6 Å². The fourth-order valence-corrected chi connectivity index (χ4v) is 2.66. The van der Waals surface area contributed by atoms with Crippen LogP contribution >= 0.6 is 15.9 Å². The molecule has 0 aromatic heterocycles. The number of carbonyl (C=O) groups excluding carboxylic acids is 2. The smallest absolute Gasteiger partial charge is 0.336 e. The van der Waals surface area contributed by atoms with Gasteiger partial charge in [0.25, 0.3) is 0 Å². The van der Waals surface area contributed by atoms with Crippen LogP contribution in [0, 0.1) is 5.92 Å². The van der Waals surface area contributed by atoms with Crippen molar-refractivity contribution in [3.63, 3.8) is 0 Å². The third kappa shape index (κ3) is 6.02. The number of esters is 2. The molecule has 22 heavy (non-hydrogen) atoms. The molecule has 0 heterocycles. The highest BCUT2D eigenvalue weighted by Crippen LogP contribution is 2.23. The van der Waals surface area contributed by atoms with E-state index in [1.54, 1.807) is 24.3 Å². The van der Waals surface area contributed by atoms with E-state index in [1.807, 2.05) is 0 Å². The minimum Gasteiger partial charge on any atom is -0.462 e. The van der Waals surface area contributed by atoms with Crippen LogP contribution in [0.15, 0.2) is 40.9 Å². The van der Waals surface area contributed by atoms with E-state index in [0.29, 0.717) is 18.3 Å². The van der Waals surface area contributed by atoms with Crippen molar-refractivity contribution < 1.29 is 19.1 Å². The molecule has 0 saturated heterocycles. The summed E-state index contributed by atoms with van der Waals surface area (Å²) in [6.45, 7) is 0.435. The Morgan fingerprint density at radius 3 is 2.36 bits per heavy atom. The molecule has 0 N–H and O–H groups in total. The van der Waals surface area contributed by atoms with Gasteiger partial charge in [0.15, 0.2) is 0 Å². The van der Waals surface area contributed by atoms with Gasteiger partial charge in [-0.15, -0.1) is 0 Å². The molecule has 5 heteroatoms. The van der Waals surface area contributed by atoms with E-state index >= 15 is 0 Å². The number of ether oxygens (including phenoxy) is 2. The third-order valence-corrected chi connectivity index (χ3v) is 4.10. The highest BCUT2D eigenvalue weighted by molar-refractivity contribution is 9.10. The van der Waals surface area contributed by atoms with E-state index in [9.17, 15) is 9.59 Å². The molecule has 0 aliphatic heterocycles. The Morgan fingerprint density at radius 2 is 1.68 bits per heavy atom. The summed E-state index contributed by atoms with van der Waals surface area (Å²) in [4.78, 5) is 23.1. The number of carbonyl (C=O) groups is 2. The van der Waals surface area contributed by atoms with E-state index in [2.05, 4.69) is 15.9 Å². The molecule has 0 unspecified atom stereocenters. The van der Waals surface area contributed by atoms with Crippen molar-refractivity contribution in [2.75, 3.05) is 6.61 Å². The summed E-state index contributed by atoms with van der Waals surface area (Å²) in [5.41, 5.74) is 0. The Hall–Kier alpha value is -1.62. The second kappa shape index (κ2) is 8.73. The molecule has 1 aromatic rings. The van der Waals surface area contributed by atoms with E-state index in [1.165, 1.54) is 19.3 Å². The Labute approximate surface area is 138 Å². The number of halogens is 1. The summed E-state index contributed by atoms with van der Waals surface area (Å²) in [5, 5.41) is 0. The van der Waals surface area contributed by atoms with E-state index in [-0.39, 0.29) is 0 Å². The molecular formula is C17H19BrO4. The lowest BCUT2D eigenvalue weighted by molar-refractivity contribution is -0.140. The SMILES string of the molecule is O=C(/C=C/C(=O)Oc1ccc(Br)cc1)OCC1CCCCC1. The fraction of sp³-hybridized carbons (Fsp3) is 0.412. The van der Waals surface area contributed by atoms with Crippen LogP contribution < -0.4 is 4.74 Å². The van der Waals surface area contributed by atoms with Crippen LogP contribution in [0.5, 0.6) is 5.75 Å². The van der Waals surface area contributed by atoms with E-state index in [0.717, 1.165) is 29.5 Å². The molecule has 0 amide bonds. The lowest BCUT2D eigenvalue weighted by Crippen LogP contribution is -2.16. The number of benzene rings is 1. The zero-order chi connectivity index (χ0) is 15.8. The molecule has 0 atom stereocenters. The van der Waals surface area contributed by atoms with E-state index < -0.39 is 11.9 Å². The first kappa shape index (κ1) is 16.7. The van der Waals surface area contributed by atoms with Gasteiger partial charge in [0.1, 0.15) is 5.75 Å². The van der Waals surface area contributed by atoms with Gasteiger partial charge in [-0.25, -0.2) is 9.59 Å². The predicted octanol–water partition coefficient (Wildman–Crippen LogP) is 4.03. The lowest BCUT2D eigenvalue weighted by Gasteiger charge is -2.20. The van der Waals surface area contributed by atoms with Crippen molar-refractivity contribution in [2.45, 2.75) is 32.1 Å². The maximum atomic E-state index is 11.6. The maximum Gasteiger partial charge on any atom is 0.336 e. The average molecular weight is 367 g/mol. The molecule has 1 aliphatic rings. The molecule has 0 bridgehead atoms. The molecule has 4 nitrogen and oxygen atoms in total. The summed E-state index contributed by atoms with van der Waals surface area (Å²) < 4.78 is 11.1. The summed E-state index contributed by atoms with van der Waals surface area (Å²) in [5.74, 6) is -0.218. The van der Waals surface area contributed by atoms with Gasteiger partial charge in [-0.2, -0.15) is 0 Å². The van der Waals surface area contributed by atoms with Gasteiger partial charge >= 0.3 is 11.9 Å². The van der Waals surface area contributed by atoms with Crippen LogP contribution in [0.25, 0.3) is 0 Å². The summed E-state index contributed by atoms with van der Waals surface area (Å²) in [6, 6.07) is 6.87. The van der Waals surface area contributed by atoms with Gasteiger partial charge in [-0.1, -0.05) is 35.2 Å². The summed E-state index contributed by atoms with van der Waals surface area (Å²) >= 11 is 3.30. The number of rotatable bonds is 5. The van der Waals surface area contributed by atoms with Crippen LogP contribution in [-0.2, 0) is 14.3 Å². The molecule has 1 fully saturated rings. The first-order valence-electron chi connectivity index (χ1n) is 7.46. The fourth-order valence-electron chi connectivity index (χ4n) is 2.39. The molecule has 1 aliphatic carbocycles. The molecule has 0 spiro atoms. The maximum absolute atomic E-state index is 11.6. The first-order valence-corrected chi connectivity index (χ1v) is 8.25. The van der Waals surface area contributed by atoms with Crippen molar-refractivity contribution in [1.82, 2.24) is 0 Å². The van der Waals surface area contributed by atoms with Crippen LogP contribution in [0.1, 0.15) is 32.1 Å². The summed E-state index contributed by atoms with van der Waals surface area (Å²) in [6.07, 6.45) is 8.11. The Kier molecular flexibility index (Phi) is 6.65. The van der Waals surface area contributed by atoms with Gasteiger partial charge in [-0.3, -0.25) is 0 Å². The molecule has 2 rings (SSSR count). The molecule has 118 valence electrons. The van der Waals surface area contributed by atoms with Crippen LogP contribution in [0.4, 0.5) is 0 Å². The minimum absolute atomic E-state index is 0.424. The first-order chi connectivity index (χ1) is 10.6. The Balaban J connectivity index is 1.71. The molecule has 1 aromatic carbocycles. The zero-order valence-corrected chi connectivity index (χ0v) is 13.9. The minimum atomic E-state index is -0.600. The molecule has 0 radical (unpaired) electrons. The van der Waals surface area contributed by atoms with Crippen molar-refractivity contribution in [2.24, 2.45) is 5.92 Å². The zero-order valence-electron chi connectivity index (χ0n) is 12.3. The molecule has 1 saturated carbocycles. The van der Waals surface area contributed by atoms with E-state index in [4.69, 9.17) is 9.47 Å². The lowest BCUT2D eigenvalue weighted by atomic mass is 9.90. The van der Waals surface area contributed by atoms with Crippen LogP contribution in [0.3, 0.4) is 0 Å².